The molecule has 0 aliphatic heterocycles. The monoisotopic (exact) mass is 251 g/mol. The van der Waals surface area contributed by atoms with Crippen molar-refractivity contribution in [2.24, 2.45) is 0 Å². The summed E-state index contributed by atoms with van der Waals surface area (Å²) in [5.41, 5.74) is -0.307. The van der Waals surface area contributed by atoms with Crippen LogP contribution < -0.4 is 5.32 Å². The highest BCUT2D eigenvalue weighted by Gasteiger charge is 2.33. The van der Waals surface area contributed by atoms with Crippen molar-refractivity contribution in [1.82, 2.24) is 0 Å². The van der Waals surface area contributed by atoms with Crippen molar-refractivity contribution in [2.45, 2.75) is 20.0 Å². The second kappa shape index (κ2) is 4.33. The van der Waals surface area contributed by atoms with Crippen LogP contribution in [0.15, 0.2) is 12.1 Å². The number of anilines is 1. The Bertz CT molecular complexity index is 429. The summed E-state index contributed by atoms with van der Waals surface area (Å²) in [6.07, 6.45) is -4.49. The summed E-state index contributed by atoms with van der Waals surface area (Å²) in [4.78, 5) is 10.8. The van der Waals surface area contributed by atoms with Gasteiger partial charge in [0.1, 0.15) is 0 Å². The van der Waals surface area contributed by atoms with Crippen LogP contribution in [-0.4, -0.2) is 5.91 Å². The molecule has 0 saturated carbocycles. The van der Waals surface area contributed by atoms with E-state index in [4.69, 9.17) is 11.6 Å². The SMILES string of the molecule is CC(=O)Nc1cc(Cl)c(C(F)(F)F)cc1C. The molecule has 2 nitrogen and oxygen atoms in total. The number of rotatable bonds is 1. The largest absolute Gasteiger partial charge is 0.417 e. The smallest absolute Gasteiger partial charge is 0.326 e. The summed E-state index contributed by atoms with van der Waals surface area (Å²) < 4.78 is 37.4. The Morgan fingerprint density at radius 3 is 2.38 bits per heavy atom. The fourth-order valence-electron chi connectivity index (χ4n) is 1.22. The molecule has 1 amide bonds. The molecular weight excluding hydrogens is 243 g/mol. The maximum Gasteiger partial charge on any atom is 0.417 e. The quantitative estimate of drug-likeness (QED) is 0.811. The van der Waals surface area contributed by atoms with Crippen LogP contribution in [-0.2, 0) is 11.0 Å². The number of amides is 1. The molecule has 0 saturated heterocycles. The van der Waals surface area contributed by atoms with E-state index in [2.05, 4.69) is 5.32 Å². The number of benzene rings is 1. The van der Waals surface area contributed by atoms with Crippen LogP contribution in [0, 0.1) is 6.92 Å². The summed E-state index contributed by atoms with van der Waals surface area (Å²) in [6.45, 7) is 2.74. The van der Waals surface area contributed by atoms with Gasteiger partial charge in [0, 0.05) is 12.6 Å². The van der Waals surface area contributed by atoms with Crippen molar-refractivity contribution in [3.8, 4) is 0 Å². The van der Waals surface area contributed by atoms with E-state index >= 15 is 0 Å². The maximum absolute atomic E-state index is 12.5. The van der Waals surface area contributed by atoms with Crippen molar-refractivity contribution in [1.29, 1.82) is 0 Å². The molecule has 1 rings (SSSR count). The molecule has 1 aromatic carbocycles. The molecule has 0 heterocycles. The minimum Gasteiger partial charge on any atom is -0.326 e. The van der Waals surface area contributed by atoms with Crippen molar-refractivity contribution < 1.29 is 18.0 Å². The van der Waals surface area contributed by atoms with Crippen molar-refractivity contribution >= 4 is 23.2 Å². The van der Waals surface area contributed by atoms with E-state index in [1.807, 2.05) is 0 Å². The Kier molecular flexibility index (Phi) is 3.48. The van der Waals surface area contributed by atoms with E-state index < -0.39 is 16.8 Å². The first kappa shape index (κ1) is 12.8. The Morgan fingerprint density at radius 1 is 1.38 bits per heavy atom. The highest BCUT2D eigenvalue weighted by atomic mass is 35.5. The van der Waals surface area contributed by atoms with Crippen LogP contribution in [0.1, 0.15) is 18.1 Å². The van der Waals surface area contributed by atoms with E-state index in [1.165, 1.54) is 13.8 Å². The lowest BCUT2D eigenvalue weighted by molar-refractivity contribution is -0.137. The fourth-order valence-corrected chi connectivity index (χ4v) is 1.49. The van der Waals surface area contributed by atoms with Gasteiger partial charge in [-0.1, -0.05) is 11.6 Å². The average molecular weight is 252 g/mol. The van der Waals surface area contributed by atoms with E-state index in [-0.39, 0.29) is 11.6 Å². The van der Waals surface area contributed by atoms with Gasteiger partial charge in [-0.2, -0.15) is 13.2 Å². The molecular formula is C10H9ClF3NO. The van der Waals surface area contributed by atoms with Crippen LogP contribution >= 0.6 is 11.6 Å². The summed E-state index contributed by atoms with van der Waals surface area (Å²) in [7, 11) is 0. The van der Waals surface area contributed by atoms with E-state index in [1.54, 1.807) is 0 Å². The van der Waals surface area contributed by atoms with Gasteiger partial charge in [0.25, 0.3) is 0 Å². The Morgan fingerprint density at radius 2 is 1.94 bits per heavy atom. The van der Waals surface area contributed by atoms with E-state index in [0.717, 1.165) is 12.1 Å². The molecule has 0 bridgehead atoms. The molecule has 1 N–H and O–H groups in total. The standard InChI is InChI=1S/C10H9ClF3NO/c1-5-3-7(10(12,13)14)8(11)4-9(5)15-6(2)16/h3-4H,1-2H3,(H,15,16). The van der Waals surface area contributed by atoms with E-state index in [9.17, 15) is 18.0 Å². The average Bonchev–Trinajstić information content (AvgIpc) is 2.07. The lowest BCUT2D eigenvalue weighted by Crippen LogP contribution is -2.10. The first-order valence-corrected chi connectivity index (χ1v) is 4.74. The van der Waals surface area contributed by atoms with Crippen LogP contribution in [0.25, 0.3) is 0 Å². The van der Waals surface area contributed by atoms with Gasteiger partial charge in [-0.15, -0.1) is 0 Å². The number of nitrogens with one attached hydrogen (secondary N) is 1. The number of alkyl halides is 3. The minimum atomic E-state index is -4.49. The molecule has 6 heteroatoms. The van der Waals surface area contributed by atoms with Gasteiger partial charge in [0.2, 0.25) is 5.91 Å². The number of aryl methyl sites for hydroxylation is 1. The van der Waals surface area contributed by atoms with Crippen LogP contribution in [0.4, 0.5) is 18.9 Å². The molecule has 0 fully saturated rings. The Balaban J connectivity index is 3.22. The highest BCUT2D eigenvalue weighted by molar-refractivity contribution is 6.31. The van der Waals surface area contributed by atoms with Gasteiger partial charge in [-0.3, -0.25) is 4.79 Å². The predicted molar refractivity (Wildman–Crippen MR) is 55.5 cm³/mol. The Hall–Kier alpha value is -1.23. The summed E-state index contributed by atoms with van der Waals surface area (Å²) in [5, 5.41) is 1.97. The third kappa shape index (κ3) is 2.88. The number of hydrogen-bond donors (Lipinski definition) is 1. The summed E-state index contributed by atoms with van der Waals surface area (Å²) in [5.74, 6) is -0.362. The number of hydrogen-bond acceptors (Lipinski definition) is 1. The molecule has 0 radical (unpaired) electrons. The molecule has 0 aliphatic carbocycles. The molecule has 0 aromatic heterocycles. The van der Waals surface area contributed by atoms with Crippen molar-refractivity contribution in [2.75, 3.05) is 5.32 Å². The summed E-state index contributed by atoms with van der Waals surface area (Å²) in [6, 6.07) is 2.01. The molecule has 0 unspecified atom stereocenters. The zero-order chi connectivity index (χ0) is 12.5. The Labute approximate surface area is 95.4 Å². The number of carbonyl (C=O) groups excluding carboxylic acids is 1. The van der Waals surface area contributed by atoms with Gasteiger partial charge in [-0.25, -0.2) is 0 Å². The van der Waals surface area contributed by atoms with Gasteiger partial charge < -0.3 is 5.32 Å². The van der Waals surface area contributed by atoms with E-state index in [0.29, 0.717) is 5.56 Å². The van der Waals surface area contributed by atoms with Gasteiger partial charge >= 0.3 is 6.18 Å². The fraction of sp³-hybridized carbons (Fsp3) is 0.300. The number of carbonyl (C=O) groups is 1. The zero-order valence-corrected chi connectivity index (χ0v) is 9.33. The van der Waals surface area contributed by atoms with Gasteiger partial charge in [-0.05, 0) is 24.6 Å². The number of halogens is 4. The lowest BCUT2D eigenvalue weighted by Gasteiger charge is -2.13. The second-order valence-corrected chi connectivity index (χ2v) is 3.73. The van der Waals surface area contributed by atoms with Crippen LogP contribution in [0.5, 0.6) is 0 Å². The molecule has 1 aromatic rings. The molecule has 16 heavy (non-hydrogen) atoms. The van der Waals surface area contributed by atoms with Crippen LogP contribution in [0.3, 0.4) is 0 Å². The van der Waals surface area contributed by atoms with Gasteiger partial charge in [0.15, 0.2) is 0 Å². The van der Waals surface area contributed by atoms with Crippen LogP contribution in [0.2, 0.25) is 5.02 Å². The first-order valence-electron chi connectivity index (χ1n) is 4.36. The third-order valence-electron chi connectivity index (χ3n) is 1.93. The van der Waals surface area contributed by atoms with Crippen molar-refractivity contribution in [3.63, 3.8) is 0 Å². The normalized spacial score (nSPS) is 11.4. The van der Waals surface area contributed by atoms with Gasteiger partial charge in [0.05, 0.1) is 10.6 Å². The topological polar surface area (TPSA) is 29.1 Å². The maximum atomic E-state index is 12.5. The summed E-state index contributed by atoms with van der Waals surface area (Å²) >= 11 is 5.50. The molecule has 0 spiro atoms. The third-order valence-corrected chi connectivity index (χ3v) is 2.24. The minimum absolute atomic E-state index is 0.283. The first-order chi connectivity index (χ1) is 7.21. The molecule has 88 valence electrons. The highest BCUT2D eigenvalue weighted by Crippen LogP contribution is 2.37. The molecule has 0 atom stereocenters. The predicted octanol–water partition coefficient (Wildman–Crippen LogP) is 3.63. The zero-order valence-electron chi connectivity index (χ0n) is 8.57. The lowest BCUT2D eigenvalue weighted by atomic mass is 10.1. The molecule has 0 aliphatic rings. The second-order valence-electron chi connectivity index (χ2n) is 3.33. The van der Waals surface area contributed by atoms with Crippen molar-refractivity contribution in [3.05, 3.63) is 28.3 Å².